The van der Waals surface area contributed by atoms with Gasteiger partial charge in [-0.3, -0.25) is 0 Å². The first kappa shape index (κ1) is 9.22. The van der Waals surface area contributed by atoms with Gasteiger partial charge in [0.05, 0.1) is 6.10 Å². The first-order valence-corrected chi connectivity index (χ1v) is 5.87. The standard InChI is InChI=1S/C11H16OS/c1-8-5-10(7-13-8)11(12)6-9-3-2-4-9/h5,7,9,11-12H,2-4,6H2,1H3. The van der Waals surface area contributed by atoms with E-state index in [0.29, 0.717) is 0 Å². The summed E-state index contributed by atoms with van der Waals surface area (Å²) in [5.41, 5.74) is 1.12. The molecule has 1 fully saturated rings. The third kappa shape index (κ3) is 2.12. The average molecular weight is 196 g/mol. The van der Waals surface area contributed by atoms with E-state index in [9.17, 15) is 5.11 Å². The molecule has 0 bridgehead atoms. The van der Waals surface area contributed by atoms with Crippen LogP contribution in [0.15, 0.2) is 11.4 Å². The smallest absolute Gasteiger partial charge is 0.0800 e. The van der Waals surface area contributed by atoms with Crippen LogP contribution >= 0.6 is 11.3 Å². The van der Waals surface area contributed by atoms with Gasteiger partial charge in [0, 0.05) is 4.88 Å². The van der Waals surface area contributed by atoms with Crippen molar-refractivity contribution in [2.45, 2.75) is 38.7 Å². The second-order valence-electron chi connectivity index (χ2n) is 4.04. The topological polar surface area (TPSA) is 20.2 Å². The molecule has 13 heavy (non-hydrogen) atoms. The lowest BCUT2D eigenvalue weighted by atomic mass is 9.80. The lowest BCUT2D eigenvalue weighted by molar-refractivity contribution is 0.119. The van der Waals surface area contributed by atoms with Gasteiger partial charge in [0.25, 0.3) is 0 Å². The highest BCUT2D eigenvalue weighted by molar-refractivity contribution is 7.10. The Morgan fingerprint density at radius 2 is 2.38 bits per heavy atom. The Hall–Kier alpha value is -0.340. The summed E-state index contributed by atoms with van der Waals surface area (Å²) in [6, 6.07) is 2.11. The molecule has 0 radical (unpaired) electrons. The van der Waals surface area contributed by atoms with Crippen LogP contribution in [-0.2, 0) is 0 Å². The highest BCUT2D eigenvalue weighted by atomic mass is 32.1. The summed E-state index contributed by atoms with van der Waals surface area (Å²) >= 11 is 1.73. The Balaban J connectivity index is 1.92. The minimum absolute atomic E-state index is 0.213. The van der Waals surface area contributed by atoms with E-state index < -0.39 is 0 Å². The molecule has 2 heteroatoms. The SMILES string of the molecule is Cc1cc(C(O)CC2CCC2)cs1. The molecule has 1 aromatic heterocycles. The van der Waals surface area contributed by atoms with E-state index in [2.05, 4.69) is 18.4 Å². The molecule has 1 aromatic rings. The Bertz CT molecular complexity index is 275. The predicted molar refractivity (Wildman–Crippen MR) is 56.0 cm³/mol. The van der Waals surface area contributed by atoms with Crippen LogP contribution in [0.2, 0.25) is 0 Å². The fourth-order valence-electron chi connectivity index (χ4n) is 1.82. The number of aliphatic hydroxyl groups is 1. The van der Waals surface area contributed by atoms with Gasteiger partial charge in [-0.15, -0.1) is 11.3 Å². The van der Waals surface area contributed by atoms with Crippen molar-refractivity contribution in [2.75, 3.05) is 0 Å². The number of rotatable bonds is 3. The summed E-state index contributed by atoms with van der Waals surface area (Å²) < 4.78 is 0. The molecule has 72 valence electrons. The lowest BCUT2D eigenvalue weighted by Crippen LogP contribution is -2.14. The van der Waals surface area contributed by atoms with Gasteiger partial charge in [0.15, 0.2) is 0 Å². The first-order valence-electron chi connectivity index (χ1n) is 4.99. The van der Waals surface area contributed by atoms with Crippen molar-refractivity contribution in [3.05, 3.63) is 21.9 Å². The van der Waals surface area contributed by atoms with Gasteiger partial charge >= 0.3 is 0 Å². The van der Waals surface area contributed by atoms with Crippen LogP contribution in [0.3, 0.4) is 0 Å². The zero-order valence-corrected chi connectivity index (χ0v) is 8.81. The number of aliphatic hydroxyl groups excluding tert-OH is 1. The predicted octanol–water partition coefficient (Wildman–Crippen LogP) is 3.28. The minimum Gasteiger partial charge on any atom is -0.388 e. The van der Waals surface area contributed by atoms with Crippen molar-refractivity contribution in [1.82, 2.24) is 0 Å². The van der Waals surface area contributed by atoms with Gasteiger partial charge < -0.3 is 5.11 Å². The van der Waals surface area contributed by atoms with Gasteiger partial charge in [-0.25, -0.2) is 0 Å². The fraction of sp³-hybridized carbons (Fsp3) is 0.636. The van der Waals surface area contributed by atoms with Crippen molar-refractivity contribution in [3.8, 4) is 0 Å². The quantitative estimate of drug-likeness (QED) is 0.786. The molecule has 1 saturated carbocycles. The summed E-state index contributed by atoms with van der Waals surface area (Å²) in [5, 5.41) is 12.0. The number of hydrogen-bond donors (Lipinski definition) is 1. The second-order valence-corrected chi connectivity index (χ2v) is 5.15. The lowest BCUT2D eigenvalue weighted by Gasteiger charge is -2.27. The molecule has 1 nitrogen and oxygen atoms in total. The summed E-state index contributed by atoms with van der Waals surface area (Å²) in [7, 11) is 0. The van der Waals surface area contributed by atoms with E-state index in [1.807, 2.05) is 0 Å². The molecule has 1 unspecified atom stereocenters. The third-order valence-electron chi connectivity index (χ3n) is 2.92. The maximum atomic E-state index is 9.88. The van der Waals surface area contributed by atoms with Crippen LogP contribution in [0, 0.1) is 12.8 Å². The molecule has 2 rings (SSSR count). The van der Waals surface area contributed by atoms with E-state index in [1.165, 1.54) is 24.1 Å². The van der Waals surface area contributed by atoms with Crippen LogP contribution in [0.1, 0.15) is 42.2 Å². The van der Waals surface area contributed by atoms with Crippen LogP contribution in [-0.4, -0.2) is 5.11 Å². The third-order valence-corrected chi connectivity index (χ3v) is 3.80. The van der Waals surface area contributed by atoms with Gasteiger partial charge in [0.2, 0.25) is 0 Å². The highest BCUT2D eigenvalue weighted by Gasteiger charge is 2.21. The van der Waals surface area contributed by atoms with Gasteiger partial charge in [-0.05, 0) is 36.3 Å². The maximum absolute atomic E-state index is 9.88. The zero-order chi connectivity index (χ0) is 9.26. The molecule has 1 atom stereocenters. The van der Waals surface area contributed by atoms with Crippen molar-refractivity contribution in [1.29, 1.82) is 0 Å². The molecule has 1 N–H and O–H groups in total. The van der Waals surface area contributed by atoms with Crippen molar-refractivity contribution in [2.24, 2.45) is 5.92 Å². The van der Waals surface area contributed by atoms with Crippen LogP contribution < -0.4 is 0 Å². The second kappa shape index (κ2) is 3.81. The largest absolute Gasteiger partial charge is 0.388 e. The monoisotopic (exact) mass is 196 g/mol. The number of aryl methyl sites for hydroxylation is 1. The van der Waals surface area contributed by atoms with Crippen LogP contribution in [0.5, 0.6) is 0 Å². The highest BCUT2D eigenvalue weighted by Crippen LogP contribution is 2.35. The summed E-state index contributed by atoms with van der Waals surface area (Å²) in [6.45, 7) is 2.09. The van der Waals surface area contributed by atoms with Gasteiger partial charge in [-0.2, -0.15) is 0 Å². The normalized spacial score (nSPS) is 19.8. The Labute approximate surface area is 83.4 Å². The molecular weight excluding hydrogens is 180 g/mol. The Morgan fingerprint density at radius 1 is 1.62 bits per heavy atom. The van der Waals surface area contributed by atoms with E-state index in [4.69, 9.17) is 0 Å². The molecule has 0 spiro atoms. The maximum Gasteiger partial charge on any atom is 0.0800 e. The van der Waals surface area contributed by atoms with E-state index >= 15 is 0 Å². The summed E-state index contributed by atoms with van der Waals surface area (Å²) in [5.74, 6) is 0.787. The molecule has 1 aliphatic carbocycles. The van der Waals surface area contributed by atoms with E-state index in [-0.39, 0.29) is 6.10 Å². The van der Waals surface area contributed by atoms with Crippen LogP contribution in [0.25, 0.3) is 0 Å². The van der Waals surface area contributed by atoms with Gasteiger partial charge in [-0.1, -0.05) is 19.3 Å². The zero-order valence-electron chi connectivity index (χ0n) is 7.99. The molecule has 0 aliphatic heterocycles. The van der Waals surface area contributed by atoms with Crippen molar-refractivity contribution in [3.63, 3.8) is 0 Å². The Kier molecular flexibility index (Phi) is 2.70. The van der Waals surface area contributed by atoms with Gasteiger partial charge in [0.1, 0.15) is 0 Å². The molecular formula is C11H16OS. The average Bonchev–Trinajstić information content (AvgIpc) is 2.44. The molecule has 1 aliphatic rings. The van der Waals surface area contributed by atoms with Crippen LogP contribution in [0.4, 0.5) is 0 Å². The summed E-state index contributed by atoms with van der Waals surface area (Å²) in [4.78, 5) is 1.29. The Morgan fingerprint density at radius 3 is 2.85 bits per heavy atom. The molecule has 1 heterocycles. The van der Waals surface area contributed by atoms with Crippen molar-refractivity contribution >= 4 is 11.3 Å². The van der Waals surface area contributed by atoms with E-state index in [0.717, 1.165) is 17.9 Å². The summed E-state index contributed by atoms with van der Waals surface area (Å²) in [6.07, 6.45) is 4.76. The number of hydrogen-bond acceptors (Lipinski definition) is 2. The van der Waals surface area contributed by atoms with Crippen molar-refractivity contribution < 1.29 is 5.11 Å². The minimum atomic E-state index is -0.213. The number of thiophene rings is 1. The molecule has 0 amide bonds. The molecule has 0 aromatic carbocycles. The molecule has 0 saturated heterocycles. The first-order chi connectivity index (χ1) is 6.25. The fourth-order valence-corrected chi connectivity index (χ4v) is 2.57. The van der Waals surface area contributed by atoms with E-state index in [1.54, 1.807) is 11.3 Å².